The highest BCUT2D eigenvalue weighted by molar-refractivity contribution is 7.08. The average Bonchev–Trinajstić information content (AvgIpc) is 2.96. The van der Waals surface area contributed by atoms with E-state index in [4.69, 9.17) is 10.3 Å². The number of thiophene rings is 1. The molecule has 2 N–H and O–H groups in total. The zero-order chi connectivity index (χ0) is 12.5. The van der Waals surface area contributed by atoms with Crippen molar-refractivity contribution in [3.05, 3.63) is 40.8 Å². The molecule has 0 spiro atoms. The van der Waals surface area contributed by atoms with Gasteiger partial charge in [-0.2, -0.15) is 11.3 Å². The smallest absolute Gasteiger partial charge is 0.230 e. The van der Waals surface area contributed by atoms with Crippen LogP contribution in [0.15, 0.2) is 39.8 Å². The zero-order valence-electron chi connectivity index (χ0n) is 9.75. The third kappa shape index (κ3) is 1.69. The van der Waals surface area contributed by atoms with Gasteiger partial charge in [-0.25, -0.2) is 0 Å². The number of aryl methyl sites for hydroxylation is 1. The molecule has 3 aromatic rings. The minimum Gasteiger partial charge on any atom is -0.367 e. The molecule has 0 saturated carbocycles. The van der Waals surface area contributed by atoms with Gasteiger partial charge in [-0.3, -0.25) is 4.98 Å². The Morgan fingerprint density at radius 1 is 1.33 bits per heavy atom. The Labute approximate surface area is 108 Å². The van der Waals surface area contributed by atoms with E-state index < -0.39 is 0 Å². The van der Waals surface area contributed by atoms with Crippen molar-refractivity contribution in [3.8, 4) is 22.4 Å². The predicted octanol–water partition coefficient (Wildman–Crippen LogP) is 3.36. The maximum Gasteiger partial charge on any atom is 0.230 e. The summed E-state index contributed by atoms with van der Waals surface area (Å²) < 4.78 is 5.13. The predicted molar refractivity (Wildman–Crippen MR) is 72.2 cm³/mol. The van der Waals surface area contributed by atoms with E-state index in [0.29, 0.717) is 5.88 Å². The van der Waals surface area contributed by atoms with Crippen LogP contribution in [0.2, 0.25) is 0 Å². The van der Waals surface area contributed by atoms with Crippen molar-refractivity contribution in [2.75, 3.05) is 5.73 Å². The number of nitrogen functional groups attached to an aromatic ring is 1. The van der Waals surface area contributed by atoms with Crippen molar-refractivity contribution in [2.24, 2.45) is 0 Å². The number of hydrogen-bond acceptors (Lipinski definition) is 5. The number of nitrogens with two attached hydrogens (primary N) is 1. The van der Waals surface area contributed by atoms with Crippen molar-refractivity contribution < 1.29 is 4.52 Å². The SMILES string of the molecule is Cc1cscc1-c1noc(N)c1-c1cccnc1. The summed E-state index contributed by atoms with van der Waals surface area (Å²) in [7, 11) is 0. The van der Waals surface area contributed by atoms with Gasteiger partial charge in [-0.1, -0.05) is 11.2 Å². The lowest BCUT2D eigenvalue weighted by molar-refractivity contribution is 0.439. The molecule has 3 aromatic heterocycles. The number of pyridine rings is 1. The summed E-state index contributed by atoms with van der Waals surface area (Å²) in [5.41, 5.74) is 10.6. The van der Waals surface area contributed by atoms with E-state index in [0.717, 1.165) is 22.4 Å². The van der Waals surface area contributed by atoms with Gasteiger partial charge in [0, 0.05) is 28.9 Å². The highest BCUT2D eigenvalue weighted by atomic mass is 32.1. The molecule has 0 saturated heterocycles. The van der Waals surface area contributed by atoms with E-state index in [-0.39, 0.29) is 0 Å². The standard InChI is InChI=1S/C13H11N3OS/c1-8-6-18-7-10(8)12-11(13(14)17-16-12)9-3-2-4-15-5-9/h2-7H,14H2,1H3. The number of aromatic nitrogens is 2. The van der Waals surface area contributed by atoms with E-state index in [9.17, 15) is 0 Å². The fourth-order valence-corrected chi connectivity index (χ4v) is 2.71. The molecule has 0 aromatic carbocycles. The molecule has 0 aliphatic heterocycles. The van der Waals surface area contributed by atoms with Gasteiger partial charge in [0.05, 0.1) is 5.56 Å². The highest BCUT2D eigenvalue weighted by Gasteiger charge is 2.19. The van der Waals surface area contributed by atoms with Gasteiger partial charge >= 0.3 is 0 Å². The van der Waals surface area contributed by atoms with Crippen molar-refractivity contribution in [1.82, 2.24) is 10.1 Å². The van der Waals surface area contributed by atoms with Crippen LogP contribution in [0.25, 0.3) is 22.4 Å². The monoisotopic (exact) mass is 257 g/mol. The van der Waals surface area contributed by atoms with Crippen molar-refractivity contribution in [3.63, 3.8) is 0 Å². The summed E-state index contributed by atoms with van der Waals surface area (Å²) >= 11 is 1.64. The fraction of sp³-hybridized carbons (Fsp3) is 0.0769. The summed E-state index contributed by atoms with van der Waals surface area (Å²) in [5, 5.41) is 8.20. The first kappa shape index (κ1) is 11.0. The number of hydrogen-bond donors (Lipinski definition) is 1. The van der Waals surface area contributed by atoms with E-state index in [2.05, 4.69) is 15.5 Å². The lowest BCUT2D eigenvalue weighted by Gasteiger charge is -2.01. The Morgan fingerprint density at radius 3 is 2.89 bits per heavy atom. The molecule has 0 atom stereocenters. The normalized spacial score (nSPS) is 10.7. The Morgan fingerprint density at radius 2 is 2.22 bits per heavy atom. The summed E-state index contributed by atoms with van der Waals surface area (Å²) in [5.74, 6) is 0.323. The first-order valence-electron chi connectivity index (χ1n) is 5.46. The summed E-state index contributed by atoms with van der Waals surface area (Å²) in [4.78, 5) is 4.10. The second-order valence-electron chi connectivity index (χ2n) is 3.98. The molecular formula is C13H11N3OS. The van der Waals surface area contributed by atoms with Gasteiger partial charge in [0.2, 0.25) is 5.88 Å². The van der Waals surface area contributed by atoms with E-state index in [1.165, 1.54) is 5.56 Å². The Balaban J connectivity index is 2.22. The lowest BCUT2D eigenvalue weighted by Crippen LogP contribution is -1.88. The third-order valence-corrected chi connectivity index (χ3v) is 3.64. The van der Waals surface area contributed by atoms with E-state index in [1.807, 2.05) is 24.4 Å². The van der Waals surface area contributed by atoms with Crippen LogP contribution in [0.1, 0.15) is 5.56 Å². The third-order valence-electron chi connectivity index (χ3n) is 2.78. The molecule has 0 radical (unpaired) electrons. The average molecular weight is 257 g/mol. The quantitative estimate of drug-likeness (QED) is 0.764. The number of anilines is 1. The molecule has 0 amide bonds. The van der Waals surface area contributed by atoms with Gasteiger partial charge in [0.15, 0.2) is 0 Å². The van der Waals surface area contributed by atoms with Crippen molar-refractivity contribution >= 4 is 17.2 Å². The van der Waals surface area contributed by atoms with Crippen LogP contribution in [0.5, 0.6) is 0 Å². The van der Waals surface area contributed by atoms with Crippen LogP contribution in [0, 0.1) is 6.92 Å². The molecular weight excluding hydrogens is 246 g/mol. The molecule has 18 heavy (non-hydrogen) atoms. The van der Waals surface area contributed by atoms with Crippen LogP contribution in [-0.2, 0) is 0 Å². The highest BCUT2D eigenvalue weighted by Crippen LogP contribution is 2.38. The summed E-state index contributed by atoms with van der Waals surface area (Å²) in [6, 6.07) is 3.81. The zero-order valence-corrected chi connectivity index (χ0v) is 10.6. The topological polar surface area (TPSA) is 64.9 Å². The van der Waals surface area contributed by atoms with Gasteiger partial charge in [-0.05, 0) is 23.9 Å². The van der Waals surface area contributed by atoms with Crippen LogP contribution in [-0.4, -0.2) is 10.1 Å². The second-order valence-corrected chi connectivity index (χ2v) is 4.72. The van der Waals surface area contributed by atoms with Gasteiger partial charge in [0.1, 0.15) is 5.69 Å². The van der Waals surface area contributed by atoms with Crippen molar-refractivity contribution in [2.45, 2.75) is 6.92 Å². The molecule has 3 rings (SSSR count). The summed E-state index contributed by atoms with van der Waals surface area (Å²) in [6.07, 6.45) is 3.48. The minimum atomic E-state index is 0.323. The fourth-order valence-electron chi connectivity index (χ4n) is 1.88. The maximum absolute atomic E-state index is 5.88. The van der Waals surface area contributed by atoms with E-state index in [1.54, 1.807) is 23.7 Å². The first-order chi connectivity index (χ1) is 8.77. The molecule has 0 fully saturated rings. The minimum absolute atomic E-state index is 0.323. The van der Waals surface area contributed by atoms with Crippen molar-refractivity contribution in [1.29, 1.82) is 0 Å². The lowest BCUT2D eigenvalue weighted by atomic mass is 10.0. The molecule has 0 aliphatic carbocycles. The molecule has 3 heterocycles. The Kier molecular flexibility index (Phi) is 2.60. The Hall–Kier alpha value is -2.14. The molecule has 0 aliphatic rings. The maximum atomic E-state index is 5.88. The molecule has 4 nitrogen and oxygen atoms in total. The summed E-state index contributed by atoms with van der Waals surface area (Å²) in [6.45, 7) is 2.05. The largest absolute Gasteiger partial charge is 0.367 e. The molecule has 0 unspecified atom stereocenters. The second kappa shape index (κ2) is 4.27. The van der Waals surface area contributed by atoms with Gasteiger partial charge in [-0.15, -0.1) is 0 Å². The van der Waals surface area contributed by atoms with E-state index >= 15 is 0 Å². The molecule has 90 valence electrons. The van der Waals surface area contributed by atoms with Crippen LogP contribution < -0.4 is 5.73 Å². The van der Waals surface area contributed by atoms with Gasteiger partial charge < -0.3 is 10.3 Å². The Bertz CT molecular complexity index is 673. The molecule has 5 heteroatoms. The number of nitrogens with zero attached hydrogens (tertiary/aromatic N) is 2. The van der Waals surface area contributed by atoms with Gasteiger partial charge in [0.25, 0.3) is 0 Å². The van der Waals surface area contributed by atoms with Crippen LogP contribution in [0.4, 0.5) is 5.88 Å². The van der Waals surface area contributed by atoms with Crippen LogP contribution in [0.3, 0.4) is 0 Å². The molecule has 0 bridgehead atoms. The van der Waals surface area contributed by atoms with Crippen LogP contribution >= 0.6 is 11.3 Å². The first-order valence-corrected chi connectivity index (χ1v) is 6.40. The number of rotatable bonds is 2.